The minimum atomic E-state index is -3.78. The molecule has 1 aromatic carbocycles. The molecule has 0 aliphatic heterocycles. The average molecular weight is 624 g/mol. The zero-order chi connectivity index (χ0) is 30.9. The first-order valence-corrected chi connectivity index (χ1v) is 16.6. The number of nitrogens with two attached hydrogens (primary N) is 1. The lowest BCUT2D eigenvalue weighted by Crippen LogP contribution is -2.51. The molecule has 3 heterocycles. The van der Waals surface area contributed by atoms with Gasteiger partial charge in [-0.2, -0.15) is 14.7 Å². The van der Waals surface area contributed by atoms with Gasteiger partial charge in [0.2, 0.25) is 0 Å². The molecule has 44 heavy (non-hydrogen) atoms. The Morgan fingerprint density at radius 1 is 1.11 bits per heavy atom. The van der Waals surface area contributed by atoms with Crippen molar-refractivity contribution in [3.05, 3.63) is 54.5 Å². The van der Waals surface area contributed by atoms with Crippen molar-refractivity contribution in [2.45, 2.75) is 54.9 Å². The minimum absolute atomic E-state index is 0.0133. The number of nitrogen functional groups attached to an aromatic ring is 1. The number of benzene rings is 1. The molecule has 0 radical (unpaired) electrons. The molecule has 6 rings (SSSR count). The summed E-state index contributed by atoms with van der Waals surface area (Å²) >= 11 is 0. The van der Waals surface area contributed by atoms with Gasteiger partial charge in [0.05, 0.1) is 48.7 Å². The Balaban J connectivity index is 1.32. The van der Waals surface area contributed by atoms with Gasteiger partial charge in [-0.1, -0.05) is 18.2 Å². The van der Waals surface area contributed by atoms with Crippen molar-refractivity contribution in [2.24, 2.45) is 5.92 Å². The first-order valence-electron chi connectivity index (χ1n) is 14.7. The molecule has 3 N–H and O–H groups in total. The van der Waals surface area contributed by atoms with Crippen molar-refractivity contribution in [1.82, 2.24) is 29.9 Å². The molecule has 0 bridgehead atoms. The van der Waals surface area contributed by atoms with Crippen LogP contribution in [0.4, 0.5) is 5.82 Å². The molecule has 2 aliphatic rings. The number of aromatic nitrogens is 5. The highest BCUT2D eigenvalue weighted by molar-refractivity contribution is 7.91. The van der Waals surface area contributed by atoms with Gasteiger partial charge in [-0.3, -0.25) is 9.63 Å². The third-order valence-electron chi connectivity index (χ3n) is 8.36. The second-order valence-electron chi connectivity index (χ2n) is 11.6. The van der Waals surface area contributed by atoms with Gasteiger partial charge in [0.1, 0.15) is 16.3 Å². The fourth-order valence-electron chi connectivity index (χ4n) is 5.76. The molecule has 2 saturated carbocycles. The lowest BCUT2D eigenvalue weighted by molar-refractivity contribution is -0.167. The van der Waals surface area contributed by atoms with Gasteiger partial charge in [-0.15, -0.1) is 0 Å². The lowest BCUT2D eigenvalue weighted by Gasteiger charge is -2.38. The van der Waals surface area contributed by atoms with Crippen molar-refractivity contribution >= 4 is 27.2 Å². The molecule has 0 unspecified atom stereocenters. The third kappa shape index (κ3) is 6.07. The average Bonchev–Trinajstić information content (AvgIpc) is 3.52. The predicted octanol–water partition coefficient (Wildman–Crippen LogP) is 3.08. The third-order valence-corrected chi connectivity index (χ3v) is 9.52. The molecular formula is C30H37N7O6S. The van der Waals surface area contributed by atoms with Crippen LogP contribution in [0.5, 0.6) is 0 Å². The molecule has 0 spiro atoms. The van der Waals surface area contributed by atoms with Crippen LogP contribution in [-0.4, -0.2) is 77.5 Å². The number of para-hydroxylation sites is 1. The largest absolute Gasteiger partial charge is 0.382 e. The number of carbonyl (C=O) groups excluding carboxylic acids is 1. The van der Waals surface area contributed by atoms with E-state index < -0.39 is 15.4 Å². The van der Waals surface area contributed by atoms with Crippen molar-refractivity contribution in [2.75, 3.05) is 38.9 Å². The summed E-state index contributed by atoms with van der Waals surface area (Å²) < 4.78 is 40.5. The van der Waals surface area contributed by atoms with Crippen LogP contribution in [0.15, 0.2) is 53.7 Å². The zero-order valence-electron chi connectivity index (χ0n) is 24.8. The summed E-state index contributed by atoms with van der Waals surface area (Å²) in [6.45, 7) is 1.04. The zero-order valence-corrected chi connectivity index (χ0v) is 25.6. The van der Waals surface area contributed by atoms with Crippen LogP contribution in [0, 0.1) is 5.92 Å². The number of hydrogen-bond acceptors (Lipinski definition) is 10. The first-order chi connectivity index (χ1) is 21.2. The summed E-state index contributed by atoms with van der Waals surface area (Å²) in [6, 6.07) is 11.5. The Bertz CT molecular complexity index is 1740. The minimum Gasteiger partial charge on any atom is -0.382 e. The first kappa shape index (κ1) is 30.2. The van der Waals surface area contributed by atoms with E-state index in [1.807, 2.05) is 42.6 Å². The second kappa shape index (κ2) is 12.3. The highest BCUT2D eigenvalue weighted by atomic mass is 32.2. The molecule has 0 saturated heterocycles. The molecule has 0 atom stereocenters. The monoisotopic (exact) mass is 623 g/mol. The van der Waals surface area contributed by atoms with Crippen LogP contribution >= 0.6 is 0 Å². The molecule has 4 aromatic rings. The quantitative estimate of drug-likeness (QED) is 0.177. The van der Waals surface area contributed by atoms with Crippen molar-refractivity contribution in [3.63, 3.8) is 0 Å². The van der Waals surface area contributed by atoms with E-state index in [-0.39, 0.29) is 29.1 Å². The van der Waals surface area contributed by atoms with Gasteiger partial charge in [-0.05, 0) is 62.6 Å². The van der Waals surface area contributed by atoms with E-state index in [1.54, 1.807) is 18.0 Å². The maximum atomic E-state index is 13.3. The molecule has 3 aromatic heterocycles. The second-order valence-corrected chi connectivity index (χ2v) is 13.5. The van der Waals surface area contributed by atoms with E-state index in [0.29, 0.717) is 67.4 Å². The highest BCUT2D eigenvalue weighted by Crippen LogP contribution is 2.43. The summed E-state index contributed by atoms with van der Waals surface area (Å²) in [5.74, 6) is -0.166. The number of hydrogen-bond donors (Lipinski definition) is 2. The highest BCUT2D eigenvalue weighted by Gasteiger charge is 2.45. The number of hydroxylamine groups is 1. The van der Waals surface area contributed by atoms with Gasteiger partial charge in [-0.25, -0.2) is 23.6 Å². The molecule has 2 fully saturated rings. The maximum absolute atomic E-state index is 13.3. The summed E-state index contributed by atoms with van der Waals surface area (Å²) in [4.78, 5) is 23.7. The Kier molecular flexibility index (Phi) is 8.42. The predicted molar refractivity (Wildman–Crippen MR) is 162 cm³/mol. The number of nitrogens with zero attached hydrogens (tertiary/aromatic N) is 5. The lowest BCUT2D eigenvalue weighted by atomic mass is 9.76. The van der Waals surface area contributed by atoms with Crippen LogP contribution in [0.2, 0.25) is 0 Å². The summed E-state index contributed by atoms with van der Waals surface area (Å²) in [5.41, 5.74) is 10.9. The van der Waals surface area contributed by atoms with Crippen LogP contribution in [0.3, 0.4) is 0 Å². The van der Waals surface area contributed by atoms with Crippen LogP contribution in [0.1, 0.15) is 50.1 Å². The Hall–Kier alpha value is -3.85. The van der Waals surface area contributed by atoms with E-state index in [4.69, 9.17) is 30.1 Å². The molecule has 234 valence electrons. The number of anilines is 1. The van der Waals surface area contributed by atoms with E-state index >= 15 is 0 Å². The van der Waals surface area contributed by atoms with Gasteiger partial charge < -0.3 is 15.2 Å². The SMILES string of the molecule is COCCOC1(C(=O)NOCC2CC2)CCC(c2nc3c(-c4ccn(-c5ccccc5)n4)cnn3c(N)c2S(C)(=O)=O)CC1. The van der Waals surface area contributed by atoms with E-state index in [2.05, 4.69) is 10.6 Å². The number of sulfone groups is 1. The Labute approximate surface area is 255 Å². The summed E-state index contributed by atoms with van der Waals surface area (Å²) in [7, 11) is -2.21. The maximum Gasteiger partial charge on any atom is 0.275 e. The Morgan fingerprint density at radius 3 is 2.55 bits per heavy atom. The van der Waals surface area contributed by atoms with Crippen molar-refractivity contribution < 1.29 is 27.5 Å². The normalized spacial score (nSPS) is 20.6. The fourth-order valence-corrected chi connectivity index (χ4v) is 6.82. The van der Waals surface area contributed by atoms with Gasteiger partial charge in [0.25, 0.3) is 5.91 Å². The molecule has 14 heteroatoms. The smallest absolute Gasteiger partial charge is 0.275 e. The topological polar surface area (TPSA) is 165 Å². The molecule has 1 amide bonds. The number of carbonyl (C=O) groups is 1. The number of amides is 1. The number of rotatable bonds is 12. The van der Waals surface area contributed by atoms with Crippen LogP contribution in [-0.2, 0) is 28.9 Å². The molecular weight excluding hydrogens is 586 g/mol. The van der Waals surface area contributed by atoms with Crippen LogP contribution < -0.4 is 11.2 Å². The van der Waals surface area contributed by atoms with Crippen molar-refractivity contribution in [1.29, 1.82) is 0 Å². The number of fused-ring (bicyclic) bond motifs is 1. The van der Waals surface area contributed by atoms with Crippen molar-refractivity contribution in [3.8, 4) is 16.9 Å². The van der Waals surface area contributed by atoms with Gasteiger partial charge in [0.15, 0.2) is 15.5 Å². The standard InChI is InChI=1S/C30H37N7O6S/c1-41-16-17-42-30(29(38)35-43-19-20-8-9-20)13-10-21(11-14-30)25-26(44(2,39)40)27(31)37-28(33-25)23(18-32-37)24-12-15-36(34-24)22-6-4-3-5-7-22/h3-7,12,15,18,20-21H,8-11,13-14,16-17,19,31H2,1-2H3,(H,35,38). The number of nitrogens with one attached hydrogen (secondary N) is 1. The summed E-state index contributed by atoms with van der Waals surface area (Å²) in [6.07, 6.45) is 8.32. The number of methoxy groups -OCH3 is 1. The molecule has 13 nitrogen and oxygen atoms in total. The van der Waals surface area contributed by atoms with E-state index in [9.17, 15) is 13.2 Å². The van der Waals surface area contributed by atoms with E-state index in [0.717, 1.165) is 24.8 Å². The molecule has 2 aliphatic carbocycles. The Morgan fingerprint density at radius 2 is 1.86 bits per heavy atom. The van der Waals surface area contributed by atoms with Gasteiger partial charge >= 0.3 is 0 Å². The van der Waals surface area contributed by atoms with Crippen LogP contribution in [0.25, 0.3) is 22.6 Å². The van der Waals surface area contributed by atoms with E-state index in [1.165, 1.54) is 4.52 Å². The summed E-state index contributed by atoms with van der Waals surface area (Å²) in [5, 5.41) is 9.10. The fraction of sp³-hybridized carbons (Fsp3) is 0.467. The van der Waals surface area contributed by atoms with Gasteiger partial charge in [0, 0.05) is 25.5 Å². The number of ether oxygens (including phenoxy) is 2.